The summed E-state index contributed by atoms with van der Waals surface area (Å²) in [5.41, 5.74) is 4.17. The van der Waals surface area contributed by atoms with Gasteiger partial charge >= 0.3 is 12.1 Å². The SMILES string of the molecule is O=C(Nc1ccc(C(=O)NCCC(O)C(=O)O)c(F)c1)OCC1c2ccccc2-c2ccccc21. The van der Waals surface area contributed by atoms with Crippen LogP contribution in [-0.2, 0) is 9.53 Å². The molecule has 0 bridgehead atoms. The van der Waals surface area contributed by atoms with Crippen LogP contribution in [0.3, 0.4) is 0 Å². The van der Waals surface area contributed by atoms with Gasteiger partial charge in [-0.05, 0) is 40.5 Å². The first-order chi connectivity index (χ1) is 16.8. The summed E-state index contributed by atoms with van der Waals surface area (Å²) in [7, 11) is 0. The van der Waals surface area contributed by atoms with Gasteiger partial charge in [0.15, 0.2) is 6.10 Å². The molecule has 0 aromatic heterocycles. The van der Waals surface area contributed by atoms with Crippen LogP contribution in [0.25, 0.3) is 11.1 Å². The number of fused-ring (bicyclic) bond motifs is 3. The predicted molar refractivity (Wildman–Crippen MR) is 126 cm³/mol. The van der Waals surface area contributed by atoms with E-state index in [4.69, 9.17) is 9.84 Å². The van der Waals surface area contributed by atoms with Crippen LogP contribution in [0.2, 0.25) is 0 Å². The van der Waals surface area contributed by atoms with Gasteiger partial charge in [0.05, 0.1) is 5.56 Å². The molecular formula is C26H23FN2O6. The molecule has 3 aromatic rings. The average Bonchev–Trinajstić information content (AvgIpc) is 3.16. The first-order valence-electron chi connectivity index (χ1n) is 11.0. The van der Waals surface area contributed by atoms with E-state index in [9.17, 15) is 23.9 Å². The highest BCUT2D eigenvalue weighted by Gasteiger charge is 2.29. The molecule has 8 nitrogen and oxygen atoms in total. The molecule has 0 heterocycles. The number of hydrogen-bond acceptors (Lipinski definition) is 5. The summed E-state index contributed by atoms with van der Waals surface area (Å²) in [5.74, 6) is -3.17. The van der Waals surface area contributed by atoms with E-state index in [2.05, 4.69) is 10.6 Å². The van der Waals surface area contributed by atoms with Gasteiger partial charge in [0.1, 0.15) is 12.4 Å². The van der Waals surface area contributed by atoms with Gasteiger partial charge in [-0.15, -0.1) is 0 Å². The summed E-state index contributed by atoms with van der Waals surface area (Å²) in [6.45, 7) is -0.0451. The highest BCUT2D eigenvalue weighted by atomic mass is 19.1. The summed E-state index contributed by atoms with van der Waals surface area (Å²) in [6.07, 6.45) is -2.60. The fourth-order valence-electron chi connectivity index (χ4n) is 4.07. The van der Waals surface area contributed by atoms with E-state index in [1.54, 1.807) is 0 Å². The van der Waals surface area contributed by atoms with Crippen molar-refractivity contribution in [2.75, 3.05) is 18.5 Å². The van der Waals surface area contributed by atoms with Crippen molar-refractivity contribution < 1.29 is 33.7 Å². The van der Waals surface area contributed by atoms with Gasteiger partial charge in [-0.1, -0.05) is 48.5 Å². The van der Waals surface area contributed by atoms with Crippen molar-refractivity contribution in [2.45, 2.75) is 18.4 Å². The lowest BCUT2D eigenvalue weighted by Crippen LogP contribution is -2.30. The van der Waals surface area contributed by atoms with Crippen molar-refractivity contribution in [3.05, 3.63) is 89.2 Å². The number of carboxylic acid groups (broad SMARTS) is 1. The molecule has 0 radical (unpaired) electrons. The van der Waals surface area contributed by atoms with Crippen molar-refractivity contribution in [1.82, 2.24) is 5.32 Å². The number of anilines is 1. The number of carbonyl (C=O) groups is 3. The van der Waals surface area contributed by atoms with Crippen molar-refractivity contribution in [3.8, 4) is 11.1 Å². The number of carboxylic acids is 1. The second-order valence-corrected chi connectivity index (χ2v) is 8.04. The molecule has 1 aliphatic rings. The predicted octanol–water partition coefficient (Wildman–Crippen LogP) is 3.75. The Morgan fingerprint density at radius 2 is 1.60 bits per heavy atom. The van der Waals surface area contributed by atoms with Gasteiger partial charge in [-0.25, -0.2) is 14.0 Å². The number of aliphatic hydroxyl groups is 1. The third-order valence-electron chi connectivity index (χ3n) is 5.79. The van der Waals surface area contributed by atoms with Crippen LogP contribution in [0.4, 0.5) is 14.9 Å². The molecule has 1 unspecified atom stereocenters. The summed E-state index contributed by atoms with van der Waals surface area (Å²) in [6, 6.07) is 19.4. The molecule has 1 aliphatic carbocycles. The Kier molecular flexibility index (Phi) is 7.07. The molecular weight excluding hydrogens is 455 g/mol. The quantitative estimate of drug-likeness (QED) is 0.391. The van der Waals surface area contributed by atoms with Crippen molar-refractivity contribution in [2.24, 2.45) is 0 Å². The number of benzene rings is 3. The zero-order valence-corrected chi connectivity index (χ0v) is 18.5. The number of aliphatic carboxylic acids is 1. The average molecular weight is 478 g/mol. The van der Waals surface area contributed by atoms with E-state index in [1.807, 2.05) is 48.5 Å². The monoisotopic (exact) mass is 478 g/mol. The minimum absolute atomic E-state index is 0.102. The van der Waals surface area contributed by atoms with E-state index in [1.165, 1.54) is 12.1 Å². The third-order valence-corrected chi connectivity index (χ3v) is 5.79. The molecule has 1 atom stereocenters. The van der Waals surface area contributed by atoms with Gasteiger partial charge in [-0.3, -0.25) is 10.1 Å². The molecule has 2 amide bonds. The van der Waals surface area contributed by atoms with Crippen molar-refractivity contribution in [1.29, 1.82) is 0 Å². The van der Waals surface area contributed by atoms with E-state index >= 15 is 0 Å². The van der Waals surface area contributed by atoms with E-state index < -0.39 is 29.9 Å². The fraction of sp³-hybridized carbons (Fsp3) is 0.192. The minimum atomic E-state index is -1.62. The van der Waals surface area contributed by atoms with E-state index in [-0.39, 0.29) is 36.7 Å². The highest BCUT2D eigenvalue weighted by molar-refractivity contribution is 5.95. The molecule has 180 valence electrons. The van der Waals surface area contributed by atoms with Crippen molar-refractivity contribution in [3.63, 3.8) is 0 Å². The Bertz CT molecular complexity index is 1230. The first-order valence-corrected chi connectivity index (χ1v) is 11.0. The van der Waals surface area contributed by atoms with E-state index in [0.717, 1.165) is 28.3 Å². The number of rotatable bonds is 8. The Morgan fingerprint density at radius 3 is 2.20 bits per heavy atom. The van der Waals surface area contributed by atoms with Gasteiger partial charge in [0.25, 0.3) is 5.91 Å². The zero-order chi connectivity index (χ0) is 24.9. The van der Waals surface area contributed by atoms with Gasteiger partial charge in [-0.2, -0.15) is 0 Å². The van der Waals surface area contributed by atoms with Gasteiger partial charge in [0.2, 0.25) is 0 Å². The third kappa shape index (κ3) is 5.30. The summed E-state index contributed by atoms with van der Waals surface area (Å²) >= 11 is 0. The number of halogens is 1. The van der Waals surface area contributed by atoms with Crippen LogP contribution >= 0.6 is 0 Å². The largest absolute Gasteiger partial charge is 0.479 e. The summed E-state index contributed by atoms with van der Waals surface area (Å²) in [4.78, 5) is 35.1. The van der Waals surface area contributed by atoms with Gasteiger partial charge in [0, 0.05) is 24.6 Å². The Labute approximate surface area is 200 Å². The lowest BCUT2D eigenvalue weighted by molar-refractivity contribution is -0.146. The highest BCUT2D eigenvalue weighted by Crippen LogP contribution is 2.44. The summed E-state index contributed by atoms with van der Waals surface area (Å²) < 4.78 is 19.9. The fourth-order valence-corrected chi connectivity index (χ4v) is 4.07. The maximum absolute atomic E-state index is 14.4. The first kappa shape index (κ1) is 23.9. The zero-order valence-electron chi connectivity index (χ0n) is 18.5. The lowest BCUT2D eigenvalue weighted by Gasteiger charge is -2.15. The number of carbonyl (C=O) groups excluding carboxylic acids is 2. The molecule has 0 spiro atoms. The minimum Gasteiger partial charge on any atom is -0.479 e. The van der Waals surface area contributed by atoms with Crippen LogP contribution in [0.1, 0.15) is 33.8 Å². The van der Waals surface area contributed by atoms with Crippen LogP contribution in [-0.4, -0.2) is 47.4 Å². The Hall–Kier alpha value is -4.24. The molecule has 9 heteroatoms. The molecule has 0 saturated heterocycles. The normalized spacial score (nSPS) is 12.9. The molecule has 0 saturated carbocycles. The molecule has 0 aliphatic heterocycles. The summed E-state index contributed by atoms with van der Waals surface area (Å²) in [5, 5.41) is 22.6. The van der Waals surface area contributed by atoms with Gasteiger partial charge < -0.3 is 20.3 Å². The lowest BCUT2D eigenvalue weighted by atomic mass is 9.98. The van der Waals surface area contributed by atoms with Crippen LogP contribution in [0.15, 0.2) is 66.7 Å². The van der Waals surface area contributed by atoms with Crippen LogP contribution in [0.5, 0.6) is 0 Å². The maximum Gasteiger partial charge on any atom is 0.411 e. The van der Waals surface area contributed by atoms with E-state index in [0.29, 0.717) is 0 Å². The van der Waals surface area contributed by atoms with Crippen LogP contribution in [0, 0.1) is 5.82 Å². The second-order valence-electron chi connectivity index (χ2n) is 8.04. The number of nitrogens with one attached hydrogen (secondary N) is 2. The molecule has 35 heavy (non-hydrogen) atoms. The second kappa shape index (κ2) is 10.4. The topological polar surface area (TPSA) is 125 Å². The number of hydrogen-bond donors (Lipinski definition) is 4. The molecule has 3 aromatic carbocycles. The number of amides is 2. The Morgan fingerprint density at radius 1 is 0.971 bits per heavy atom. The maximum atomic E-state index is 14.4. The van der Waals surface area contributed by atoms with Crippen molar-refractivity contribution >= 4 is 23.7 Å². The van der Waals surface area contributed by atoms with Crippen LogP contribution < -0.4 is 10.6 Å². The number of aliphatic hydroxyl groups excluding tert-OH is 1. The Balaban J connectivity index is 1.34. The molecule has 4 rings (SSSR count). The molecule has 4 N–H and O–H groups in total. The standard InChI is InChI=1S/C26H23FN2O6/c27-22-13-15(9-10-20(22)24(31)28-12-11-23(30)25(32)33)29-26(34)35-14-21-18-7-3-1-5-16(18)17-6-2-4-8-19(17)21/h1-10,13,21,23,30H,11-12,14H2,(H,28,31)(H,29,34)(H,32,33). The number of ether oxygens (including phenoxy) is 1. The smallest absolute Gasteiger partial charge is 0.411 e. The molecule has 0 fully saturated rings.